The van der Waals surface area contributed by atoms with Crippen molar-refractivity contribution in [1.29, 1.82) is 0 Å². The van der Waals surface area contributed by atoms with Gasteiger partial charge in [0.15, 0.2) is 0 Å². The Bertz CT molecular complexity index is 767. The Labute approximate surface area is 126 Å². The van der Waals surface area contributed by atoms with E-state index in [0.29, 0.717) is 5.75 Å². The van der Waals surface area contributed by atoms with Crippen molar-refractivity contribution in [3.63, 3.8) is 0 Å². The first kappa shape index (κ1) is 13.8. The highest BCUT2D eigenvalue weighted by molar-refractivity contribution is 5.89. The van der Waals surface area contributed by atoms with E-state index < -0.39 is 5.97 Å². The van der Waals surface area contributed by atoms with Gasteiger partial charge in [-0.25, -0.2) is 9.89 Å². The summed E-state index contributed by atoms with van der Waals surface area (Å²) in [6.45, 7) is 0. The Morgan fingerprint density at radius 1 is 1.00 bits per heavy atom. The molecule has 0 aliphatic heterocycles. The van der Waals surface area contributed by atoms with E-state index in [1.54, 1.807) is 12.1 Å². The number of esters is 1. The van der Waals surface area contributed by atoms with E-state index in [4.69, 9.17) is 4.74 Å². The van der Waals surface area contributed by atoms with Gasteiger partial charge in [0.25, 0.3) is 5.88 Å². The van der Waals surface area contributed by atoms with Crippen LogP contribution in [0.1, 0.15) is 10.5 Å². The van der Waals surface area contributed by atoms with Crippen LogP contribution in [0.5, 0.6) is 11.6 Å². The number of rotatable bonds is 4. The monoisotopic (exact) mass is 295 g/mol. The van der Waals surface area contributed by atoms with Crippen LogP contribution in [0.4, 0.5) is 0 Å². The Morgan fingerprint density at radius 3 is 2.36 bits per heavy atom. The number of aromatic nitrogens is 3. The summed E-state index contributed by atoms with van der Waals surface area (Å²) in [6, 6.07) is 17.5. The standard InChI is InChI=1S/C16H13N3O3/c1-21-16(20)14-15(18-19-17-14)22-13-9-7-12(8-10-13)11-5-3-2-4-6-11/h2-10H,1H3,(H,17,18,19). The van der Waals surface area contributed by atoms with Gasteiger partial charge in [-0.3, -0.25) is 0 Å². The van der Waals surface area contributed by atoms with Crippen molar-refractivity contribution in [2.24, 2.45) is 0 Å². The number of nitrogens with one attached hydrogen (secondary N) is 1. The van der Waals surface area contributed by atoms with Crippen molar-refractivity contribution in [2.45, 2.75) is 0 Å². The highest BCUT2D eigenvalue weighted by atomic mass is 16.5. The molecule has 0 unspecified atom stereocenters. The number of carbonyl (C=O) groups excluding carboxylic acids is 1. The second kappa shape index (κ2) is 6.09. The molecule has 0 aliphatic rings. The van der Waals surface area contributed by atoms with Gasteiger partial charge in [0.2, 0.25) is 5.69 Å². The molecule has 0 spiro atoms. The Kier molecular flexibility index (Phi) is 3.82. The van der Waals surface area contributed by atoms with E-state index >= 15 is 0 Å². The predicted octanol–water partition coefficient (Wildman–Crippen LogP) is 3.05. The van der Waals surface area contributed by atoms with Gasteiger partial charge in [-0.15, -0.1) is 0 Å². The van der Waals surface area contributed by atoms with Crippen molar-refractivity contribution in [1.82, 2.24) is 15.4 Å². The average molecular weight is 295 g/mol. The molecular formula is C16H13N3O3. The molecule has 22 heavy (non-hydrogen) atoms. The molecule has 0 fully saturated rings. The molecule has 0 atom stereocenters. The van der Waals surface area contributed by atoms with Crippen LogP contribution < -0.4 is 4.74 Å². The number of hydrogen-bond donors (Lipinski definition) is 1. The average Bonchev–Trinajstić information content (AvgIpc) is 3.04. The van der Waals surface area contributed by atoms with E-state index in [0.717, 1.165) is 11.1 Å². The fraction of sp³-hybridized carbons (Fsp3) is 0.0625. The smallest absolute Gasteiger partial charge is 0.361 e. The number of aromatic amines is 1. The van der Waals surface area contributed by atoms with Crippen LogP contribution in [0.3, 0.4) is 0 Å². The topological polar surface area (TPSA) is 77.1 Å². The number of H-pyrrole nitrogens is 1. The summed E-state index contributed by atoms with van der Waals surface area (Å²) in [6.07, 6.45) is 0. The molecule has 6 nitrogen and oxygen atoms in total. The lowest BCUT2D eigenvalue weighted by Crippen LogP contribution is -2.03. The van der Waals surface area contributed by atoms with Crippen LogP contribution in [0.2, 0.25) is 0 Å². The number of carbonyl (C=O) groups is 1. The molecule has 0 radical (unpaired) electrons. The summed E-state index contributed by atoms with van der Waals surface area (Å²) in [7, 11) is 1.28. The normalized spacial score (nSPS) is 10.2. The molecule has 0 amide bonds. The lowest BCUT2D eigenvalue weighted by molar-refractivity contribution is 0.0591. The molecule has 110 valence electrons. The molecule has 0 saturated heterocycles. The molecule has 0 saturated carbocycles. The van der Waals surface area contributed by atoms with Gasteiger partial charge < -0.3 is 9.47 Å². The molecule has 1 aromatic heterocycles. The number of ether oxygens (including phenoxy) is 2. The van der Waals surface area contributed by atoms with Crippen LogP contribution in [0.15, 0.2) is 54.6 Å². The summed E-state index contributed by atoms with van der Waals surface area (Å²) < 4.78 is 10.2. The van der Waals surface area contributed by atoms with Crippen LogP contribution in [-0.4, -0.2) is 28.5 Å². The van der Waals surface area contributed by atoms with Crippen LogP contribution in [-0.2, 0) is 4.74 Å². The van der Waals surface area contributed by atoms with Crippen molar-refractivity contribution in [3.8, 4) is 22.8 Å². The van der Waals surface area contributed by atoms with Gasteiger partial charge >= 0.3 is 5.97 Å². The van der Waals surface area contributed by atoms with Crippen LogP contribution in [0, 0.1) is 0 Å². The molecule has 3 rings (SSSR count). The third kappa shape index (κ3) is 2.80. The van der Waals surface area contributed by atoms with E-state index in [-0.39, 0.29) is 11.6 Å². The largest absolute Gasteiger partial charge is 0.464 e. The molecule has 3 aromatic rings. The molecule has 0 aliphatic carbocycles. The lowest BCUT2D eigenvalue weighted by atomic mass is 10.1. The van der Waals surface area contributed by atoms with E-state index in [2.05, 4.69) is 20.1 Å². The maximum absolute atomic E-state index is 11.5. The van der Waals surface area contributed by atoms with Gasteiger partial charge in [0, 0.05) is 0 Å². The third-order valence-corrected chi connectivity index (χ3v) is 3.08. The summed E-state index contributed by atoms with van der Waals surface area (Å²) in [5, 5.41) is 9.74. The highest BCUT2D eigenvalue weighted by Crippen LogP contribution is 2.26. The van der Waals surface area contributed by atoms with Gasteiger partial charge in [0.05, 0.1) is 7.11 Å². The van der Waals surface area contributed by atoms with E-state index in [1.807, 2.05) is 42.5 Å². The second-order valence-corrected chi connectivity index (χ2v) is 4.48. The minimum absolute atomic E-state index is 0.0784. The number of nitrogens with zero attached hydrogens (tertiary/aromatic N) is 2. The van der Waals surface area contributed by atoms with Gasteiger partial charge in [-0.2, -0.15) is 0 Å². The van der Waals surface area contributed by atoms with Crippen molar-refractivity contribution in [2.75, 3.05) is 7.11 Å². The van der Waals surface area contributed by atoms with Crippen LogP contribution in [0.25, 0.3) is 11.1 Å². The molecule has 0 bridgehead atoms. The SMILES string of the molecule is COC(=O)c1[nH]nnc1Oc1ccc(-c2ccccc2)cc1. The molecule has 1 N–H and O–H groups in total. The Balaban J connectivity index is 1.80. The molecule has 2 aromatic carbocycles. The fourth-order valence-electron chi connectivity index (χ4n) is 1.98. The summed E-state index contributed by atoms with van der Waals surface area (Å²) in [5.41, 5.74) is 2.27. The summed E-state index contributed by atoms with van der Waals surface area (Å²) in [5.74, 6) is 0.0546. The zero-order valence-corrected chi connectivity index (χ0v) is 11.8. The summed E-state index contributed by atoms with van der Waals surface area (Å²) >= 11 is 0. The minimum atomic E-state index is -0.582. The Morgan fingerprint density at radius 2 is 1.68 bits per heavy atom. The second-order valence-electron chi connectivity index (χ2n) is 4.48. The number of hydrogen-bond acceptors (Lipinski definition) is 5. The number of methoxy groups -OCH3 is 1. The highest BCUT2D eigenvalue weighted by Gasteiger charge is 2.18. The quantitative estimate of drug-likeness (QED) is 0.748. The Hall–Kier alpha value is -3.15. The predicted molar refractivity (Wildman–Crippen MR) is 79.7 cm³/mol. The van der Waals surface area contributed by atoms with Gasteiger partial charge in [-0.1, -0.05) is 52.8 Å². The van der Waals surface area contributed by atoms with E-state index in [1.165, 1.54) is 7.11 Å². The third-order valence-electron chi connectivity index (χ3n) is 3.08. The zero-order valence-electron chi connectivity index (χ0n) is 11.8. The first-order valence-electron chi connectivity index (χ1n) is 6.60. The summed E-state index contributed by atoms with van der Waals surface area (Å²) in [4.78, 5) is 11.5. The maximum Gasteiger partial charge on any atom is 0.361 e. The van der Waals surface area contributed by atoms with Gasteiger partial charge in [-0.05, 0) is 23.3 Å². The van der Waals surface area contributed by atoms with Gasteiger partial charge in [0.1, 0.15) is 5.75 Å². The first-order chi connectivity index (χ1) is 10.8. The molecule has 6 heteroatoms. The van der Waals surface area contributed by atoms with Crippen molar-refractivity contribution >= 4 is 5.97 Å². The minimum Gasteiger partial charge on any atom is -0.464 e. The zero-order chi connectivity index (χ0) is 15.4. The van der Waals surface area contributed by atoms with Crippen molar-refractivity contribution in [3.05, 3.63) is 60.3 Å². The van der Waals surface area contributed by atoms with E-state index in [9.17, 15) is 4.79 Å². The van der Waals surface area contributed by atoms with Crippen molar-refractivity contribution < 1.29 is 14.3 Å². The maximum atomic E-state index is 11.5. The lowest BCUT2D eigenvalue weighted by Gasteiger charge is -2.05. The fourth-order valence-corrected chi connectivity index (χ4v) is 1.98. The number of benzene rings is 2. The van der Waals surface area contributed by atoms with Crippen LogP contribution >= 0.6 is 0 Å². The first-order valence-corrected chi connectivity index (χ1v) is 6.60. The molecule has 1 heterocycles. The molecular weight excluding hydrogens is 282 g/mol.